The molecule has 122 valence electrons. The highest BCUT2D eigenvalue weighted by molar-refractivity contribution is 6.02. The van der Waals surface area contributed by atoms with Gasteiger partial charge in [-0.1, -0.05) is 0 Å². The summed E-state index contributed by atoms with van der Waals surface area (Å²) in [5, 5.41) is 23.2. The van der Waals surface area contributed by atoms with E-state index in [2.05, 4.69) is 20.8 Å². The molecule has 0 aromatic carbocycles. The Bertz CT molecular complexity index is 748. The first-order valence-corrected chi connectivity index (χ1v) is 6.64. The zero-order valence-electron chi connectivity index (χ0n) is 12.5. The van der Waals surface area contributed by atoms with Crippen molar-refractivity contribution in [1.82, 2.24) is 24.9 Å². The third-order valence-electron chi connectivity index (χ3n) is 2.93. The van der Waals surface area contributed by atoms with Gasteiger partial charge in [-0.15, -0.1) is 0 Å². The zero-order chi connectivity index (χ0) is 17.0. The maximum absolute atomic E-state index is 11.9. The van der Waals surface area contributed by atoms with Gasteiger partial charge in [-0.05, 0) is 4.92 Å². The van der Waals surface area contributed by atoms with E-state index in [1.807, 2.05) is 0 Å². The maximum atomic E-state index is 11.9. The predicted molar refractivity (Wildman–Crippen MR) is 78.7 cm³/mol. The second kappa shape index (κ2) is 6.68. The Morgan fingerprint density at radius 1 is 1.39 bits per heavy atom. The predicted octanol–water partition coefficient (Wildman–Crippen LogP) is -0.0868. The molecule has 0 radical (unpaired) electrons. The van der Waals surface area contributed by atoms with Crippen molar-refractivity contribution >= 4 is 23.3 Å². The molecule has 2 aromatic heterocycles. The molecule has 2 N–H and O–H groups in total. The molecule has 0 fully saturated rings. The quantitative estimate of drug-likeness (QED) is 0.563. The lowest BCUT2D eigenvalue weighted by atomic mass is 10.3. The molecule has 0 aliphatic carbocycles. The van der Waals surface area contributed by atoms with E-state index in [-0.39, 0.29) is 30.4 Å². The molecule has 2 aromatic rings. The van der Waals surface area contributed by atoms with Crippen LogP contribution in [0.5, 0.6) is 0 Å². The molecule has 0 atom stereocenters. The van der Waals surface area contributed by atoms with E-state index in [0.29, 0.717) is 5.69 Å². The van der Waals surface area contributed by atoms with Crippen LogP contribution in [-0.4, -0.2) is 43.3 Å². The van der Waals surface area contributed by atoms with Crippen LogP contribution in [0.2, 0.25) is 0 Å². The number of nitrogens with zero attached hydrogens (tertiary/aromatic N) is 5. The van der Waals surface area contributed by atoms with Crippen LogP contribution in [0.4, 0.5) is 11.5 Å². The first-order chi connectivity index (χ1) is 10.9. The highest BCUT2D eigenvalue weighted by Crippen LogP contribution is 2.13. The molecule has 0 unspecified atom stereocenters. The van der Waals surface area contributed by atoms with Gasteiger partial charge in [0, 0.05) is 26.7 Å². The number of carbonyl (C=O) groups excluding carboxylic acids is 2. The molecule has 23 heavy (non-hydrogen) atoms. The fourth-order valence-electron chi connectivity index (χ4n) is 1.87. The number of nitro groups is 1. The minimum atomic E-state index is -0.609. The van der Waals surface area contributed by atoms with Crippen LogP contribution < -0.4 is 10.6 Å². The normalized spacial score (nSPS) is 10.3. The Labute approximate surface area is 130 Å². The fraction of sp³-hybridized carbons (Fsp3) is 0.333. The van der Waals surface area contributed by atoms with Gasteiger partial charge >= 0.3 is 5.82 Å². The van der Waals surface area contributed by atoms with Gasteiger partial charge in [-0.2, -0.15) is 9.78 Å². The topological polar surface area (TPSA) is 137 Å². The third kappa shape index (κ3) is 3.90. The molecule has 0 saturated carbocycles. The van der Waals surface area contributed by atoms with Crippen molar-refractivity contribution in [2.24, 2.45) is 7.05 Å². The van der Waals surface area contributed by atoms with Gasteiger partial charge in [-0.3, -0.25) is 14.3 Å². The number of nitrogens with one attached hydrogen (secondary N) is 2. The first kappa shape index (κ1) is 16.1. The number of aromatic nitrogens is 4. The summed E-state index contributed by atoms with van der Waals surface area (Å²) in [6.45, 7) is 0.176. The SMILES string of the molecule is CNC(=O)c1nn(C)cc1NC(=O)CCn1ccc([N+](=O)[O-])n1. The number of carbonyl (C=O) groups is 2. The average molecular weight is 321 g/mol. The Hall–Kier alpha value is -3.24. The highest BCUT2D eigenvalue weighted by atomic mass is 16.6. The van der Waals surface area contributed by atoms with Crippen molar-refractivity contribution in [2.45, 2.75) is 13.0 Å². The van der Waals surface area contributed by atoms with Crippen LogP contribution in [0.3, 0.4) is 0 Å². The summed E-state index contributed by atoms with van der Waals surface area (Å²) >= 11 is 0. The highest BCUT2D eigenvalue weighted by Gasteiger charge is 2.17. The molecular weight excluding hydrogens is 306 g/mol. The van der Waals surface area contributed by atoms with Gasteiger partial charge < -0.3 is 20.7 Å². The largest absolute Gasteiger partial charge is 0.389 e. The van der Waals surface area contributed by atoms with Crippen LogP contribution in [0, 0.1) is 10.1 Å². The summed E-state index contributed by atoms with van der Waals surface area (Å²) in [5.74, 6) is -1.05. The molecule has 2 rings (SSSR count). The van der Waals surface area contributed by atoms with E-state index in [4.69, 9.17) is 0 Å². The molecule has 0 spiro atoms. The molecule has 2 amide bonds. The summed E-state index contributed by atoms with van der Waals surface area (Å²) in [6, 6.07) is 1.25. The van der Waals surface area contributed by atoms with E-state index >= 15 is 0 Å². The van der Waals surface area contributed by atoms with Crippen molar-refractivity contribution < 1.29 is 14.5 Å². The van der Waals surface area contributed by atoms with Gasteiger partial charge in [0.2, 0.25) is 5.91 Å². The van der Waals surface area contributed by atoms with Gasteiger partial charge in [0.15, 0.2) is 5.69 Å². The summed E-state index contributed by atoms with van der Waals surface area (Å²) in [6.07, 6.45) is 2.98. The lowest BCUT2D eigenvalue weighted by Crippen LogP contribution is -2.22. The number of amides is 2. The fourth-order valence-corrected chi connectivity index (χ4v) is 1.87. The summed E-state index contributed by atoms with van der Waals surface area (Å²) in [4.78, 5) is 33.5. The van der Waals surface area contributed by atoms with E-state index in [0.717, 1.165) is 0 Å². The monoisotopic (exact) mass is 321 g/mol. The minimum absolute atomic E-state index is 0.0426. The number of aryl methyl sites for hydroxylation is 2. The van der Waals surface area contributed by atoms with Gasteiger partial charge in [0.05, 0.1) is 29.6 Å². The minimum Gasteiger partial charge on any atom is -0.358 e. The average Bonchev–Trinajstić information content (AvgIpc) is 3.11. The number of rotatable bonds is 6. The van der Waals surface area contributed by atoms with Crippen molar-refractivity contribution in [2.75, 3.05) is 12.4 Å². The lowest BCUT2D eigenvalue weighted by Gasteiger charge is -2.03. The van der Waals surface area contributed by atoms with Crippen LogP contribution in [0.15, 0.2) is 18.5 Å². The maximum Gasteiger partial charge on any atom is 0.389 e. The standard InChI is InChI=1S/C12H15N7O4/c1-13-12(21)11-8(7-17(2)16-11)14-10(20)4-6-18-5-3-9(15-18)19(22)23/h3,5,7H,4,6H2,1-2H3,(H,13,21)(H,14,20). The van der Waals surface area contributed by atoms with Gasteiger partial charge in [0.25, 0.3) is 5.91 Å². The number of anilines is 1. The van der Waals surface area contributed by atoms with Crippen LogP contribution in [0.1, 0.15) is 16.9 Å². The summed E-state index contributed by atoms with van der Waals surface area (Å²) in [5.41, 5.74) is 0.404. The van der Waals surface area contributed by atoms with Gasteiger partial charge in [0.1, 0.15) is 0 Å². The van der Waals surface area contributed by atoms with E-state index in [9.17, 15) is 19.7 Å². The lowest BCUT2D eigenvalue weighted by molar-refractivity contribution is -0.389. The zero-order valence-corrected chi connectivity index (χ0v) is 12.5. The smallest absolute Gasteiger partial charge is 0.358 e. The molecule has 11 nitrogen and oxygen atoms in total. The van der Waals surface area contributed by atoms with Crippen LogP contribution in [-0.2, 0) is 18.4 Å². The Morgan fingerprint density at radius 2 is 2.13 bits per heavy atom. The molecule has 0 bridgehead atoms. The van der Waals surface area contributed by atoms with Crippen molar-refractivity contribution in [1.29, 1.82) is 0 Å². The third-order valence-corrected chi connectivity index (χ3v) is 2.93. The Kier molecular flexibility index (Phi) is 4.69. The first-order valence-electron chi connectivity index (χ1n) is 6.64. The Morgan fingerprint density at radius 3 is 2.74 bits per heavy atom. The van der Waals surface area contributed by atoms with Gasteiger partial charge in [-0.25, -0.2) is 0 Å². The number of hydrogen-bond donors (Lipinski definition) is 2. The second-order valence-corrected chi connectivity index (χ2v) is 4.64. The molecule has 0 saturated heterocycles. The van der Waals surface area contributed by atoms with Crippen molar-refractivity contribution in [3.05, 3.63) is 34.3 Å². The molecule has 0 aliphatic heterocycles. The molecule has 0 aliphatic rings. The summed E-state index contributed by atoms with van der Waals surface area (Å²) < 4.78 is 2.72. The summed E-state index contributed by atoms with van der Waals surface area (Å²) in [7, 11) is 3.10. The molecule has 11 heteroatoms. The van der Waals surface area contributed by atoms with E-state index in [1.54, 1.807) is 7.05 Å². The second-order valence-electron chi connectivity index (χ2n) is 4.64. The molecule has 2 heterocycles. The number of hydrogen-bond acceptors (Lipinski definition) is 6. The van der Waals surface area contributed by atoms with E-state index < -0.39 is 10.8 Å². The van der Waals surface area contributed by atoms with Crippen LogP contribution >= 0.6 is 0 Å². The Balaban J connectivity index is 1.97. The van der Waals surface area contributed by atoms with Crippen molar-refractivity contribution in [3.63, 3.8) is 0 Å². The van der Waals surface area contributed by atoms with E-state index in [1.165, 1.54) is 34.9 Å². The van der Waals surface area contributed by atoms with Crippen molar-refractivity contribution in [3.8, 4) is 0 Å². The van der Waals surface area contributed by atoms with Crippen LogP contribution in [0.25, 0.3) is 0 Å². The molecular formula is C12H15N7O4.